The van der Waals surface area contributed by atoms with Gasteiger partial charge in [0.1, 0.15) is 5.82 Å². The molecule has 0 bridgehead atoms. The molecule has 17 heavy (non-hydrogen) atoms. The van der Waals surface area contributed by atoms with E-state index in [2.05, 4.69) is 33.9 Å². The number of nitrogens with zero attached hydrogens (tertiary/aromatic N) is 3. The molecule has 2 rings (SSSR count). The molecule has 0 aromatic carbocycles. The van der Waals surface area contributed by atoms with Gasteiger partial charge in [0.2, 0.25) is 0 Å². The van der Waals surface area contributed by atoms with Crippen molar-refractivity contribution in [3.63, 3.8) is 0 Å². The van der Waals surface area contributed by atoms with Crippen molar-refractivity contribution in [1.29, 1.82) is 0 Å². The summed E-state index contributed by atoms with van der Waals surface area (Å²) in [6.07, 6.45) is 9.27. The molecule has 1 aliphatic rings. The zero-order valence-electron chi connectivity index (χ0n) is 10.9. The molecule has 1 aromatic rings. The second-order valence-corrected chi connectivity index (χ2v) is 4.70. The van der Waals surface area contributed by atoms with Gasteiger partial charge in [0.15, 0.2) is 5.82 Å². The van der Waals surface area contributed by atoms with Gasteiger partial charge in [-0.3, -0.25) is 0 Å². The quantitative estimate of drug-likeness (QED) is 0.781. The molecule has 90 valence electrons. The van der Waals surface area contributed by atoms with Crippen LogP contribution in [0.1, 0.15) is 30.9 Å². The Labute approximate surface area is 103 Å². The lowest BCUT2D eigenvalue weighted by atomic mass is 9.94. The molecule has 1 heterocycles. The minimum absolute atomic E-state index is 0.567. The van der Waals surface area contributed by atoms with E-state index in [9.17, 15) is 0 Å². The minimum Gasteiger partial charge on any atom is -0.362 e. The number of anilines is 1. The van der Waals surface area contributed by atoms with Gasteiger partial charge in [-0.1, -0.05) is 19.1 Å². The van der Waals surface area contributed by atoms with Crippen LogP contribution in [0.5, 0.6) is 0 Å². The Balaban J connectivity index is 2.57. The van der Waals surface area contributed by atoms with Crippen LogP contribution in [0.4, 0.5) is 5.82 Å². The molecule has 0 amide bonds. The third-order valence-corrected chi connectivity index (χ3v) is 2.88. The summed E-state index contributed by atoms with van der Waals surface area (Å²) in [4.78, 5) is 11.2. The van der Waals surface area contributed by atoms with Crippen LogP contribution in [0.25, 0.3) is 12.2 Å². The minimum atomic E-state index is 0.567. The van der Waals surface area contributed by atoms with Crippen molar-refractivity contribution in [3.05, 3.63) is 29.2 Å². The van der Waals surface area contributed by atoms with Crippen LogP contribution in [0.15, 0.2) is 12.2 Å². The first-order valence-corrected chi connectivity index (χ1v) is 6.01. The monoisotopic (exact) mass is 229 g/mol. The lowest BCUT2D eigenvalue weighted by Gasteiger charge is -2.22. The maximum Gasteiger partial charge on any atom is 0.154 e. The van der Waals surface area contributed by atoms with Gasteiger partial charge >= 0.3 is 0 Å². The number of allylic oxidation sites excluding steroid dienone is 2. The topological polar surface area (TPSA) is 29.0 Å². The van der Waals surface area contributed by atoms with E-state index >= 15 is 0 Å². The molecule has 0 spiro atoms. The number of hydrogen-bond donors (Lipinski definition) is 0. The normalized spacial score (nSPS) is 18.5. The second-order valence-electron chi connectivity index (χ2n) is 4.70. The molecule has 3 heteroatoms. The largest absolute Gasteiger partial charge is 0.362 e. The van der Waals surface area contributed by atoms with E-state index in [0.717, 1.165) is 23.8 Å². The van der Waals surface area contributed by atoms with Crippen LogP contribution in [-0.4, -0.2) is 24.1 Å². The van der Waals surface area contributed by atoms with Gasteiger partial charge in [-0.15, -0.1) is 0 Å². The first-order chi connectivity index (χ1) is 8.11. The Kier molecular flexibility index (Phi) is 3.27. The maximum absolute atomic E-state index is 4.60. The number of rotatable bonds is 2. The lowest BCUT2D eigenvalue weighted by Crippen LogP contribution is -2.18. The van der Waals surface area contributed by atoms with Crippen LogP contribution in [0.3, 0.4) is 0 Å². The zero-order chi connectivity index (χ0) is 12.4. The van der Waals surface area contributed by atoms with Gasteiger partial charge in [0.05, 0.1) is 5.69 Å². The van der Waals surface area contributed by atoms with E-state index in [1.807, 2.05) is 33.2 Å². The number of aromatic nitrogens is 2. The molecule has 0 saturated heterocycles. The average Bonchev–Trinajstić information content (AvgIpc) is 2.28. The summed E-state index contributed by atoms with van der Waals surface area (Å²) >= 11 is 0. The Morgan fingerprint density at radius 2 is 2.12 bits per heavy atom. The second kappa shape index (κ2) is 4.70. The summed E-state index contributed by atoms with van der Waals surface area (Å²) in [5.41, 5.74) is 2.33. The predicted octanol–water partition coefficient (Wildman–Crippen LogP) is 2.78. The number of fused-ring (bicyclic) bond motifs is 1. The molecule has 3 nitrogen and oxygen atoms in total. The van der Waals surface area contributed by atoms with Crippen LogP contribution in [0.2, 0.25) is 0 Å². The maximum atomic E-state index is 4.60. The average molecular weight is 229 g/mol. The van der Waals surface area contributed by atoms with Crippen molar-refractivity contribution in [2.24, 2.45) is 5.92 Å². The third kappa shape index (κ3) is 2.38. The predicted molar refractivity (Wildman–Crippen MR) is 73.0 cm³/mol. The van der Waals surface area contributed by atoms with E-state index in [1.165, 1.54) is 5.56 Å². The van der Waals surface area contributed by atoms with Crippen molar-refractivity contribution in [3.8, 4) is 0 Å². The third-order valence-electron chi connectivity index (χ3n) is 2.88. The van der Waals surface area contributed by atoms with Gasteiger partial charge in [-0.05, 0) is 31.4 Å². The first kappa shape index (κ1) is 11.8. The van der Waals surface area contributed by atoms with Crippen molar-refractivity contribution in [2.45, 2.75) is 20.3 Å². The highest BCUT2D eigenvalue weighted by Gasteiger charge is 2.18. The van der Waals surface area contributed by atoms with Crippen molar-refractivity contribution >= 4 is 18.0 Å². The summed E-state index contributed by atoms with van der Waals surface area (Å²) in [7, 11) is 4.07. The molecule has 0 radical (unpaired) electrons. The Morgan fingerprint density at radius 3 is 2.76 bits per heavy atom. The van der Waals surface area contributed by atoms with Gasteiger partial charge in [-0.2, -0.15) is 0 Å². The lowest BCUT2D eigenvalue weighted by molar-refractivity contribution is 0.706. The van der Waals surface area contributed by atoms with Crippen LogP contribution in [0, 0.1) is 5.92 Å². The fourth-order valence-electron chi connectivity index (χ4n) is 2.08. The summed E-state index contributed by atoms with van der Waals surface area (Å²) in [5.74, 6) is 2.39. The van der Waals surface area contributed by atoms with Gasteiger partial charge < -0.3 is 4.90 Å². The van der Waals surface area contributed by atoms with Gasteiger partial charge in [0.25, 0.3) is 0 Å². The Bertz CT molecular complexity index is 473. The van der Waals surface area contributed by atoms with Crippen molar-refractivity contribution in [1.82, 2.24) is 9.97 Å². The van der Waals surface area contributed by atoms with Gasteiger partial charge in [0, 0.05) is 19.7 Å². The molecule has 0 aliphatic heterocycles. The Morgan fingerprint density at radius 1 is 1.35 bits per heavy atom. The molecule has 0 fully saturated rings. The molecule has 0 saturated carbocycles. The summed E-state index contributed by atoms with van der Waals surface area (Å²) in [5, 5.41) is 0. The van der Waals surface area contributed by atoms with E-state index in [1.54, 1.807) is 0 Å². The standard InChI is InChI=1S/C14H19N3/c1-5-6-13-15-12-8-7-10(2)9-11(12)14(16-13)17(3)4/h5-8,10H,9H2,1-4H3/b6-5+. The van der Waals surface area contributed by atoms with E-state index in [0.29, 0.717) is 5.92 Å². The van der Waals surface area contributed by atoms with E-state index < -0.39 is 0 Å². The summed E-state index contributed by atoms with van der Waals surface area (Å²) in [6.45, 7) is 4.20. The molecule has 1 aromatic heterocycles. The fourth-order valence-corrected chi connectivity index (χ4v) is 2.08. The highest BCUT2D eigenvalue weighted by atomic mass is 15.2. The first-order valence-electron chi connectivity index (χ1n) is 6.01. The SMILES string of the molecule is C/C=C/c1nc2c(c(N(C)C)n1)CC(C)C=C2. The molecule has 0 N–H and O–H groups in total. The molecule has 1 aliphatic carbocycles. The van der Waals surface area contributed by atoms with Crippen LogP contribution < -0.4 is 4.90 Å². The molecule has 1 unspecified atom stereocenters. The Hall–Kier alpha value is -1.64. The highest BCUT2D eigenvalue weighted by Crippen LogP contribution is 2.28. The summed E-state index contributed by atoms with van der Waals surface area (Å²) < 4.78 is 0. The van der Waals surface area contributed by atoms with Gasteiger partial charge in [-0.25, -0.2) is 9.97 Å². The molecular weight excluding hydrogens is 210 g/mol. The highest BCUT2D eigenvalue weighted by molar-refractivity contribution is 5.63. The van der Waals surface area contributed by atoms with E-state index in [4.69, 9.17) is 0 Å². The van der Waals surface area contributed by atoms with Crippen LogP contribution in [-0.2, 0) is 6.42 Å². The molecule has 1 atom stereocenters. The number of hydrogen-bond acceptors (Lipinski definition) is 3. The van der Waals surface area contributed by atoms with Crippen molar-refractivity contribution < 1.29 is 0 Å². The molecular formula is C14H19N3. The van der Waals surface area contributed by atoms with E-state index in [-0.39, 0.29) is 0 Å². The smallest absolute Gasteiger partial charge is 0.154 e. The fraction of sp³-hybridized carbons (Fsp3) is 0.429. The summed E-state index contributed by atoms with van der Waals surface area (Å²) in [6, 6.07) is 0. The zero-order valence-corrected chi connectivity index (χ0v) is 10.9. The van der Waals surface area contributed by atoms with Crippen LogP contribution >= 0.6 is 0 Å². The van der Waals surface area contributed by atoms with Crippen molar-refractivity contribution in [2.75, 3.05) is 19.0 Å².